The monoisotopic (exact) mass is 248 g/mol. The number of hydrogen-bond acceptors (Lipinski definition) is 1. The Morgan fingerprint density at radius 1 is 0.944 bits per heavy atom. The zero-order valence-electron chi connectivity index (χ0n) is 12.4. The van der Waals surface area contributed by atoms with Crippen molar-refractivity contribution in [3.63, 3.8) is 0 Å². The molecule has 18 heavy (non-hydrogen) atoms. The van der Waals surface area contributed by atoms with Crippen molar-refractivity contribution in [3.05, 3.63) is 34.4 Å². The van der Waals surface area contributed by atoms with Gasteiger partial charge in [0.05, 0.1) is 6.10 Å². The number of rotatable bonds is 7. The Bertz CT molecular complexity index is 343. The number of aliphatic hydroxyl groups excluding tert-OH is 1. The van der Waals surface area contributed by atoms with Gasteiger partial charge in [-0.15, -0.1) is 0 Å². The summed E-state index contributed by atoms with van der Waals surface area (Å²) in [5.74, 6) is 0. The summed E-state index contributed by atoms with van der Waals surface area (Å²) in [6.45, 7) is 8.74. The Labute approximate surface area is 112 Å². The topological polar surface area (TPSA) is 20.2 Å². The molecule has 1 aromatic rings. The van der Waals surface area contributed by atoms with E-state index in [0.29, 0.717) is 0 Å². The first-order valence-corrected chi connectivity index (χ1v) is 7.50. The molecule has 0 aliphatic rings. The number of benzene rings is 1. The Hall–Kier alpha value is -0.820. The maximum absolute atomic E-state index is 10.4. The van der Waals surface area contributed by atoms with Crippen LogP contribution in [0.1, 0.15) is 75.3 Å². The fourth-order valence-electron chi connectivity index (χ4n) is 2.61. The van der Waals surface area contributed by atoms with Crippen LogP contribution in [0.2, 0.25) is 0 Å². The van der Waals surface area contributed by atoms with Crippen molar-refractivity contribution in [2.45, 2.75) is 72.3 Å². The molecule has 1 rings (SSSR count). The highest BCUT2D eigenvalue weighted by Gasteiger charge is 2.16. The summed E-state index contributed by atoms with van der Waals surface area (Å²) in [5, 5.41) is 10.4. The molecule has 1 unspecified atom stereocenters. The highest BCUT2D eigenvalue weighted by atomic mass is 16.3. The second-order valence-electron chi connectivity index (χ2n) is 5.05. The van der Waals surface area contributed by atoms with Crippen molar-refractivity contribution < 1.29 is 5.11 Å². The van der Waals surface area contributed by atoms with Crippen LogP contribution in [0.4, 0.5) is 0 Å². The molecule has 0 aliphatic carbocycles. The third-order valence-electron chi connectivity index (χ3n) is 3.75. The van der Waals surface area contributed by atoms with Crippen molar-refractivity contribution in [1.29, 1.82) is 0 Å². The fourth-order valence-corrected chi connectivity index (χ4v) is 2.61. The molecule has 1 heteroatoms. The molecule has 0 fully saturated rings. The molecule has 0 aliphatic heterocycles. The average Bonchev–Trinajstić information content (AvgIpc) is 2.42. The molecular weight excluding hydrogens is 220 g/mol. The molecule has 1 N–H and O–H groups in total. The highest BCUT2D eigenvalue weighted by molar-refractivity contribution is 5.41. The van der Waals surface area contributed by atoms with E-state index >= 15 is 0 Å². The van der Waals surface area contributed by atoms with Gasteiger partial charge in [-0.05, 0) is 47.9 Å². The lowest BCUT2D eigenvalue weighted by Crippen LogP contribution is -2.07. The van der Waals surface area contributed by atoms with Crippen LogP contribution in [-0.4, -0.2) is 5.11 Å². The van der Waals surface area contributed by atoms with Crippen LogP contribution in [-0.2, 0) is 19.3 Å². The van der Waals surface area contributed by atoms with Gasteiger partial charge < -0.3 is 5.11 Å². The van der Waals surface area contributed by atoms with Gasteiger partial charge in [-0.25, -0.2) is 0 Å². The Kier molecular flexibility index (Phi) is 6.42. The normalized spacial score (nSPS) is 12.7. The summed E-state index contributed by atoms with van der Waals surface area (Å²) in [5.41, 5.74) is 5.30. The maximum atomic E-state index is 10.4. The predicted octanol–water partition coefficient (Wildman–Crippen LogP) is 4.60. The summed E-state index contributed by atoms with van der Waals surface area (Å²) >= 11 is 0. The molecule has 0 radical (unpaired) electrons. The van der Waals surface area contributed by atoms with Gasteiger partial charge in [-0.3, -0.25) is 0 Å². The van der Waals surface area contributed by atoms with Crippen LogP contribution in [0.3, 0.4) is 0 Å². The van der Waals surface area contributed by atoms with Gasteiger partial charge in [-0.2, -0.15) is 0 Å². The molecule has 0 amide bonds. The van der Waals surface area contributed by atoms with Gasteiger partial charge in [0.1, 0.15) is 0 Å². The first-order valence-electron chi connectivity index (χ1n) is 7.50. The largest absolute Gasteiger partial charge is 0.388 e. The van der Waals surface area contributed by atoms with Crippen LogP contribution in [0.5, 0.6) is 0 Å². The first-order chi connectivity index (χ1) is 8.67. The third-order valence-corrected chi connectivity index (χ3v) is 3.75. The molecule has 0 aromatic heterocycles. The first kappa shape index (κ1) is 15.2. The van der Waals surface area contributed by atoms with Gasteiger partial charge >= 0.3 is 0 Å². The lowest BCUT2D eigenvalue weighted by Gasteiger charge is -2.20. The molecule has 0 heterocycles. The second kappa shape index (κ2) is 7.58. The van der Waals surface area contributed by atoms with E-state index in [4.69, 9.17) is 0 Å². The molecular formula is C17H28O. The van der Waals surface area contributed by atoms with E-state index in [2.05, 4.69) is 39.8 Å². The summed E-state index contributed by atoms with van der Waals surface area (Å²) in [7, 11) is 0. The van der Waals surface area contributed by atoms with Crippen LogP contribution < -0.4 is 0 Å². The standard InChI is InChI=1S/C17H28O/c1-5-9-10-16(18)17-14(7-3)11-13(6-2)12-15(17)8-4/h11-12,16,18H,5-10H2,1-4H3. The zero-order valence-corrected chi connectivity index (χ0v) is 12.4. The Morgan fingerprint density at radius 2 is 1.50 bits per heavy atom. The van der Waals surface area contributed by atoms with Crippen molar-refractivity contribution in [3.8, 4) is 0 Å². The van der Waals surface area contributed by atoms with Crippen molar-refractivity contribution in [2.24, 2.45) is 0 Å². The molecule has 1 aromatic carbocycles. The minimum Gasteiger partial charge on any atom is -0.388 e. The molecule has 0 saturated heterocycles. The smallest absolute Gasteiger partial charge is 0.0795 e. The van der Waals surface area contributed by atoms with Crippen LogP contribution in [0.25, 0.3) is 0 Å². The van der Waals surface area contributed by atoms with E-state index in [1.54, 1.807) is 0 Å². The molecule has 1 atom stereocenters. The number of unbranched alkanes of at least 4 members (excludes halogenated alkanes) is 1. The van der Waals surface area contributed by atoms with Crippen molar-refractivity contribution >= 4 is 0 Å². The lowest BCUT2D eigenvalue weighted by molar-refractivity contribution is 0.162. The number of aliphatic hydroxyl groups is 1. The SMILES string of the molecule is CCCCC(O)c1c(CC)cc(CC)cc1CC. The van der Waals surface area contributed by atoms with E-state index in [-0.39, 0.29) is 6.10 Å². The number of aryl methyl sites for hydroxylation is 3. The van der Waals surface area contributed by atoms with Gasteiger partial charge in [0, 0.05) is 0 Å². The Morgan fingerprint density at radius 3 is 1.89 bits per heavy atom. The molecule has 0 bridgehead atoms. The molecule has 1 nitrogen and oxygen atoms in total. The Balaban J connectivity index is 3.13. The average molecular weight is 248 g/mol. The fraction of sp³-hybridized carbons (Fsp3) is 0.647. The van der Waals surface area contributed by atoms with Gasteiger partial charge in [0.15, 0.2) is 0 Å². The van der Waals surface area contributed by atoms with Crippen molar-refractivity contribution in [2.75, 3.05) is 0 Å². The van der Waals surface area contributed by atoms with Gasteiger partial charge in [-0.1, -0.05) is 52.7 Å². The summed E-state index contributed by atoms with van der Waals surface area (Å²) in [6, 6.07) is 4.56. The van der Waals surface area contributed by atoms with E-state index in [1.165, 1.54) is 22.3 Å². The zero-order chi connectivity index (χ0) is 13.5. The van der Waals surface area contributed by atoms with E-state index in [9.17, 15) is 5.11 Å². The predicted molar refractivity (Wildman–Crippen MR) is 79.1 cm³/mol. The lowest BCUT2D eigenvalue weighted by atomic mass is 9.89. The summed E-state index contributed by atoms with van der Waals surface area (Å²) in [4.78, 5) is 0. The van der Waals surface area contributed by atoms with E-state index < -0.39 is 0 Å². The van der Waals surface area contributed by atoms with Gasteiger partial charge in [0.2, 0.25) is 0 Å². The molecule has 0 spiro atoms. The minimum absolute atomic E-state index is 0.277. The summed E-state index contributed by atoms with van der Waals surface area (Å²) < 4.78 is 0. The van der Waals surface area contributed by atoms with Crippen molar-refractivity contribution in [1.82, 2.24) is 0 Å². The quantitative estimate of drug-likeness (QED) is 0.748. The molecule has 102 valence electrons. The van der Waals surface area contributed by atoms with Crippen LogP contribution >= 0.6 is 0 Å². The van der Waals surface area contributed by atoms with Gasteiger partial charge in [0.25, 0.3) is 0 Å². The van der Waals surface area contributed by atoms with Crippen LogP contribution in [0, 0.1) is 0 Å². The second-order valence-corrected chi connectivity index (χ2v) is 5.05. The maximum Gasteiger partial charge on any atom is 0.0795 e. The third kappa shape index (κ3) is 3.58. The molecule has 0 saturated carbocycles. The van der Waals surface area contributed by atoms with E-state index in [0.717, 1.165) is 38.5 Å². The number of hydrogen-bond donors (Lipinski definition) is 1. The highest BCUT2D eigenvalue weighted by Crippen LogP contribution is 2.29. The van der Waals surface area contributed by atoms with E-state index in [1.807, 2.05) is 0 Å². The minimum atomic E-state index is -0.277. The van der Waals surface area contributed by atoms with Crippen LogP contribution in [0.15, 0.2) is 12.1 Å². The summed E-state index contributed by atoms with van der Waals surface area (Å²) in [6.07, 6.45) is 5.96.